The van der Waals surface area contributed by atoms with Gasteiger partial charge in [-0.1, -0.05) is 13.0 Å². The van der Waals surface area contributed by atoms with Crippen molar-refractivity contribution in [1.82, 2.24) is 0 Å². The maximum Gasteiger partial charge on any atom is 0.146 e. The van der Waals surface area contributed by atoms with Gasteiger partial charge in [0, 0.05) is 18.6 Å². The molecule has 0 bridgehead atoms. The summed E-state index contributed by atoms with van der Waals surface area (Å²) >= 11 is 0. The normalized spacial score (nSPS) is 22.0. The molecule has 2 atom stereocenters. The molecule has 100 valence electrons. The maximum absolute atomic E-state index is 14.2. The molecule has 2 N–H and O–H groups in total. The Bertz CT molecular complexity index is 403. The number of hydrogen-bond acceptors (Lipinski definition) is 2. The third-order valence-electron chi connectivity index (χ3n) is 3.91. The summed E-state index contributed by atoms with van der Waals surface area (Å²) in [7, 11) is 0. The molecule has 0 spiro atoms. The van der Waals surface area contributed by atoms with Crippen molar-refractivity contribution in [1.29, 1.82) is 0 Å². The van der Waals surface area contributed by atoms with Crippen LogP contribution in [0.5, 0.6) is 0 Å². The lowest BCUT2D eigenvalue weighted by molar-refractivity contribution is 0.443. The molecule has 1 aromatic carbocycles. The highest BCUT2D eigenvalue weighted by Crippen LogP contribution is 2.29. The number of piperidine rings is 1. The van der Waals surface area contributed by atoms with Crippen molar-refractivity contribution in [3.63, 3.8) is 0 Å². The van der Waals surface area contributed by atoms with Gasteiger partial charge in [-0.15, -0.1) is 0 Å². The van der Waals surface area contributed by atoms with Gasteiger partial charge in [-0.2, -0.15) is 0 Å². The molecule has 3 heteroatoms. The molecule has 1 heterocycles. The Morgan fingerprint density at radius 1 is 1.44 bits per heavy atom. The van der Waals surface area contributed by atoms with E-state index in [1.54, 1.807) is 6.07 Å². The van der Waals surface area contributed by atoms with E-state index >= 15 is 0 Å². The lowest BCUT2D eigenvalue weighted by Crippen LogP contribution is -2.39. The Balaban J connectivity index is 2.26. The topological polar surface area (TPSA) is 29.3 Å². The van der Waals surface area contributed by atoms with Crippen LogP contribution in [0.4, 0.5) is 10.1 Å². The molecule has 1 aromatic rings. The van der Waals surface area contributed by atoms with Crippen molar-refractivity contribution < 1.29 is 4.39 Å². The molecule has 0 amide bonds. The van der Waals surface area contributed by atoms with E-state index in [9.17, 15) is 4.39 Å². The number of nitrogens with zero attached hydrogens (tertiary/aromatic N) is 1. The molecule has 1 aliphatic heterocycles. The van der Waals surface area contributed by atoms with Crippen LogP contribution < -0.4 is 10.6 Å². The number of hydrogen-bond donors (Lipinski definition) is 1. The van der Waals surface area contributed by atoms with Gasteiger partial charge in [0.25, 0.3) is 0 Å². The van der Waals surface area contributed by atoms with Gasteiger partial charge in [0.05, 0.1) is 5.69 Å². The molecule has 0 aliphatic carbocycles. The summed E-state index contributed by atoms with van der Waals surface area (Å²) < 4.78 is 14.2. The zero-order valence-electron chi connectivity index (χ0n) is 11.3. The highest BCUT2D eigenvalue weighted by Gasteiger charge is 2.23. The van der Waals surface area contributed by atoms with Crippen LogP contribution in [0.25, 0.3) is 0 Å². The number of rotatable bonds is 3. The Morgan fingerprint density at radius 2 is 2.22 bits per heavy atom. The maximum atomic E-state index is 14.2. The van der Waals surface area contributed by atoms with Crippen LogP contribution in [0.3, 0.4) is 0 Å². The van der Waals surface area contributed by atoms with Gasteiger partial charge in [-0.05, 0) is 50.3 Å². The van der Waals surface area contributed by atoms with Crippen LogP contribution in [0, 0.1) is 5.82 Å². The highest BCUT2D eigenvalue weighted by atomic mass is 19.1. The first-order chi connectivity index (χ1) is 8.63. The number of halogens is 1. The fourth-order valence-corrected chi connectivity index (χ4v) is 2.78. The van der Waals surface area contributed by atoms with Gasteiger partial charge in [-0.25, -0.2) is 4.39 Å². The van der Waals surface area contributed by atoms with E-state index in [0.717, 1.165) is 30.6 Å². The zero-order valence-corrected chi connectivity index (χ0v) is 11.3. The van der Waals surface area contributed by atoms with Gasteiger partial charge in [-0.3, -0.25) is 0 Å². The van der Waals surface area contributed by atoms with Crippen LogP contribution in [0.1, 0.15) is 51.1 Å². The highest BCUT2D eigenvalue weighted by molar-refractivity contribution is 5.50. The fourth-order valence-electron chi connectivity index (χ4n) is 2.78. The Kier molecular flexibility index (Phi) is 4.23. The Labute approximate surface area is 109 Å². The van der Waals surface area contributed by atoms with Crippen molar-refractivity contribution in [3.05, 3.63) is 29.6 Å². The molecule has 2 rings (SSSR count). The summed E-state index contributed by atoms with van der Waals surface area (Å²) in [6.45, 7) is 5.02. The first-order valence-corrected chi connectivity index (χ1v) is 6.95. The summed E-state index contributed by atoms with van der Waals surface area (Å²) in [6.07, 6.45) is 4.67. The Morgan fingerprint density at radius 3 is 2.83 bits per heavy atom. The number of nitrogens with two attached hydrogens (primary N) is 1. The van der Waals surface area contributed by atoms with Crippen LogP contribution in [0.2, 0.25) is 0 Å². The quantitative estimate of drug-likeness (QED) is 0.888. The summed E-state index contributed by atoms with van der Waals surface area (Å²) in [5.41, 5.74) is 7.39. The second-order valence-corrected chi connectivity index (χ2v) is 5.25. The molecule has 2 nitrogen and oxygen atoms in total. The standard InChI is InChI=1S/C15H23FN2/c1-3-13-6-4-5-9-18(13)15-8-7-12(11(2)17)10-14(15)16/h7-8,10-11,13H,3-6,9,17H2,1-2H3. The third-order valence-corrected chi connectivity index (χ3v) is 3.91. The van der Waals surface area contributed by atoms with E-state index < -0.39 is 0 Å². The lowest BCUT2D eigenvalue weighted by atomic mass is 9.98. The summed E-state index contributed by atoms with van der Waals surface area (Å²) in [5.74, 6) is -0.134. The minimum atomic E-state index is -0.134. The predicted molar refractivity (Wildman–Crippen MR) is 74.3 cm³/mol. The molecule has 0 aromatic heterocycles. The smallest absolute Gasteiger partial charge is 0.146 e. The van der Waals surface area contributed by atoms with Crippen LogP contribution in [-0.4, -0.2) is 12.6 Å². The number of anilines is 1. The van der Waals surface area contributed by atoms with E-state index in [-0.39, 0.29) is 11.9 Å². The van der Waals surface area contributed by atoms with E-state index in [1.165, 1.54) is 12.8 Å². The second kappa shape index (κ2) is 5.70. The molecule has 1 aliphatic rings. The van der Waals surface area contributed by atoms with Gasteiger partial charge in [0.1, 0.15) is 5.82 Å². The van der Waals surface area contributed by atoms with E-state index in [4.69, 9.17) is 5.73 Å². The van der Waals surface area contributed by atoms with Crippen molar-refractivity contribution in [2.24, 2.45) is 5.73 Å². The first kappa shape index (κ1) is 13.3. The van der Waals surface area contributed by atoms with Gasteiger partial charge < -0.3 is 10.6 Å². The van der Waals surface area contributed by atoms with Crippen molar-refractivity contribution in [3.8, 4) is 0 Å². The van der Waals surface area contributed by atoms with E-state index in [2.05, 4.69) is 11.8 Å². The minimum absolute atomic E-state index is 0.114. The fraction of sp³-hybridized carbons (Fsp3) is 0.600. The summed E-state index contributed by atoms with van der Waals surface area (Å²) in [5, 5.41) is 0. The van der Waals surface area contributed by atoms with Gasteiger partial charge in [0.15, 0.2) is 0 Å². The van der Waals surface area contributed by atoms with Crippen molar-refractivity contribution >= 4 is 5.69 Å². The second-order valence-electron chi connectivity index (χ2n) is 5.25. The lowest BCUT2D eigenvalue weighted by Gasteiger charge is -2.37. The largest absolute Gasteiger partial charge is 0.366 e. The third kappa shape index (κ3) is 2.66. The molecule has 1 saturated heterocycles. The van der Waals surface area contributed by atoms with Crippen LogP contribution >= 0.6 is 0 Å². The molecule has 0 saturated carbocycles. The van der Waals surface area contributed by atoms with Crippen molar-refractivity contribution in [2.45, 2.75) is 51.6 Å². The first-order valence-electron chi connectivity index (χ1n) is 6.95. The van der Waals surface area contributed by atoms with E-state index in [1.807, 2.05) is 19.1 Å². The van der Waals surface area contributed by atoms with Gasteiger partial charge in [0.2, 0.25) is 0 Å². The van der Waals surface area contributed by atoms with Crippen LogP contribution in [0.15, 0.2) is 18.2 Å². The average Bonchev–Trinajstić information content (AvgIpc) is 2.38. The molecular formula is C15H23FN2. The van der Waals surface area contributed by atoms with E-state index in [0.29, 0.717) is 6.04 Å². The molecular weight excluding hydrogens is 227 g/mol. The predicted octanol–water partition coefficient (Wildman–Crippen LogP) is 3.61. The van der Waals surface area contributed by atoms with Crippen LogP contribution in [-0.2, 0) is 0 Å². The SMILES string of the molecule is CCC1CCCCN1c1ccc(C(C)N)cc1F. The Hall–Kier alpha value is -1.09. The molecule has 1 fully saturated rings. The zero-order chi connectivity index (χ0) is 13.1. The summed E-state index contributed by atoms with van der Waals surface area (Å²) in [4.78, 5) is 2.23. The van der Waals surface area contributed by atoms with Gasteiger partial charge >= 0.3 is 0 Å². The molecule has 18 heavy (non-hydrogen) atoms. The summed E-state index contributed by atoms with van der Waals surface area (Å²) in [6, 6.07) is 5.79. The number of benzene rings is 1. The molecule has 0 radical (unpaired) electrons. The minimum Gasteiger partial charge on any atom is -0.366 e. The molecule has 2 unspecified atom stereocenters. The average molecular weight is 250 g/mol. The van der Waals surface area contributed by atoms with Crippen molar-refractivity contribution in [2.75, 3.05) is 11.4 Å². The monoisotopic (exact) mass is 250 g/mol.